The van der Waals surface area contributed by atoms with Gasteiger partial charge < -0.3 is 49.6 Å². The van der Waals surface area contributed by atoms with E-state index in [2.05, 4.69) is 0 Å². The predicted octanol–water partition coefficient (Wildman–Crippen LogP) is -2.02. The molecule has 2 heterocycles. The van der Waals surface area contributed by atoms with Crippen LogP contribution >= 0.6 is 0 Å². The Bertz CT molecular complexity index is 671. The quantitative estimate of drug-likeness (QED) is 0.286. The molecule has 1 aromatic carbocycles. The van der Waals surface area contributed by atoms with E-state index in [0.29, 0.717) is 0 Å². The fraction of sp³-hybridized carbons (Fsp3) is 0.600. The van der Waals surface area contributed by atoms with E-state index in [1.54, 1.807) is 6.08 Å². The first-order valence-corrected chi connectivity index (χ1v) is 9.68. The van der Waals surface area contributed by atoms with Crippen molar-refractivity contribution in [3.8, 4) is 0 Å². The minimum atomic E-state index is -1.54. The van der Waals surface area contributed by atoms with Gasteiger partial charge in [0.2, 0.25) is 0 Å². The van der Waals surface area contributed by atoms with Crippen LogP contribution in [-0.4, -0.2) is 106 Å². The molecule has 0 aliphatic carbocycles. The van der Waals surface area contributed by atoms with E-state index in [1.807, 2.05) is 36.4 Å². The molecular weight excluding hydrogens is 400 g/mol. The lowest BCUT2D eigenvalue weighted by molar-refractivity contribution is -0.319. The van der Waals surface area contributed by atoms with Crippen molar-refractivity contribution in [3.63, 3.8) is 0 Å². The van der Waals surface area contributed by atoms with Crippen LogP contribution in [0.25, 0.3) is 6.08 Å². The Morgan fingerprint density at radius 1 is 0.833 bits per heavy atom. The van der Waals surface area contributed by atoms with Crippen molar-refractivity contribution < 1.29 is 49.6 Å². The van der Waals surface area contributed by atoms with E-state index in [1.165, 1.54) is 0 Å². The van der Waals surface area contributed by atoms with E-state index >= 15 is 0 Å². The van der Waals surface area contributed by atoms with Gasteiger partial charge in [-0.2, -0.15) is 0 Å². The molecule has 0 saturated carbocycles. The zero-order valence-corrected chi connectivity index (χ0v) is 16.2. The molecule has 168 valence electrons. The van der Waals surface area contributed by atoms with E-state index in [9.17, 15) is 30.6 Å². The summed E-state index contributed by atoms with van der Waals surface area (Å²) in [5.74, 6) is 0. The fourth-order valence-electron chi connectivity index (χ4n) is 3.21. The molecule has 2 aliphatic heterocycles. The van der Waals surface area contributed by atoms with E-state index in [4.69, 9.17) is 18.9 Å². The van der Waals surface area contributed by atoms with Gasteiger partial charge in [-0.3, -0.25) is 0 Å². The van der Waals surface area contributed by atoms with Gasteiger partial charge in [-0.05, 0) is 5.56 Å². The molecule has 3 rings (SSSR count). The zero-order chi connectivity index (χ0) is 21.7. The molecule has 6 N–H and O–H groups in total. The van der Waals surface area contributed by atoms with Crippen LogP contribution in [0.5, 0.6) is 0 Å². The highest BCUT2D eigenvalue weighted by Gasteiger charge is 2.45. The smallest absolute Gasteiger partial charge is 0.187 e. The largest absolute Gasteiger partial charge is 0.388 e. The van der Waals surface area contributed by atoms with Crippen molar-refractivity contribution in [3.05, 3.63) is 42.0 Å². The Labute approximate surface area is 173 Å². The van der Waals surface area contributed by atoms with Crippen LogP contribution in [0.15, 0.2) is 36.4 Å². The molecule has 0 spiro atoms. The Kier molecular flexibility index (Phi) is 8.31. The summed E-state index contributed by atoms with van der Waals surface area (Å²) in [4.78, 5) is 0. The van der Waals surface area contributed by atoms with Crippen molar-refractivity contribution in [2.24, 2.45) is 0 Å². The molecule has 0 unspecified atom stereocenters. The Hall–Kier alpha value is -1.44. The molecule has 1 aromatic rings. The highest BCUT2D eigenvalue weighted by atomic mass is 16.7. The van der Waals surface area contributed by atoms with Crippen LogP contribution in [0.3, 0.4) is 0 Å². The summed E-state index contributed by atoms with van der Waals surface area (Å²) in [5, 5.41) is 59.4. The molecule has 10 nitrogen and oxygen atoms in total. The van der Waals surface area contributed by atoms with Gasteiger partial charge in [-0.25, -0.2) is 0 Å². The minimum absolute atomic E-state index is 0.0849. The number of aliphatic hydroxyl groups is 6. The first-order chi connectivity index (χ1) is 14.4. The van der Waals surface area contributed by atoms with Gasteiger partial charge in [0, 0.05) is 0 Å². The number of ether oxygens (including phenoxy) is 4. The third-order valence-corrected chi connectivity index (χ3v) is 5.01. The maximum atomic E-state index is 10.2. The molecular formula is C20H28O10. The first kappa shape index (κ1) is 23.2. The third kappa shape index (κ3) is 5.62. The van der Waals surface area contributed by atoms with Crippen LogP contribution in [-0.2, 0) is 18.9 Å². The normalized spacial score (nSPS) is 40.0. The van der Waals surface area contributed by atoms with Gasteiger partial charge in [0.15, 0.2) is 12.6 Å². The Morgan fingerprint density at radius 3 is 2.27 bits per heavy atom. The second kappa shape index (κ2) is 10.7. The zero-order valence-electron chi connectivity index (χ0n) is 16.2. The summed E-state index contributed by atoms with van der Waals surface area (Å²) >= 11 is 0. The number of rotatable bonds is 7. The van der Waals surface area contributed by atoms with Crippen molar-refractivity contribution in [1.29, 1.82) is 0 Å². The SMILES string of the molecule is O[C@H]1[C@H](O)[C@@H](OC/C=C/c2ccccc2)O[C@@H](CO[C@H]2OC[C@@H](O)[C@@H](O)[C@@H]2O)[C@@H]1O. The van der Waals surface area contributed by atoms with E-state index in [-0.39, 0.29) is 19.8 Å². The summed E-state index contributed by atoms with van der Waals surface area (Å²) < 4.78 is 21.5. The minimum Gasteiger partial charge on any atom is -0.388 e. The highest BCUT2D eigenvalue weighted by molar-refractivity contribution is 5.48. The molecule has 0 aromatic heterocycles. The van der Waals surface area contributed by atoms with Crippen molar-refractivity contribution in [1.82, 2.24) is 0 Å². The standard InChI is InChI=1S/C20H28O10/c21-12-9-28-19(17(25)14(12)22)29-10-13-15(23)16(24)18(26)20(30-13)27-8-4-7-11-5-2-1-3-6-11/h1-7,12-26H,8-10H2/b7-4+/t12-,13+,14-,15+,16-,17+,18+,19-,20+/m1/s1. The third-order valence-electron chi connectivity index (χ3n) is 5.01. The number of benzene rings is 1. The first-order valence-electron chi connectivity index (χ1n) is 9.68. The van der Waals surface area contributed by atoms with Crippen molar-refractivity contribution in [2.45, 2.75) is 55.3 Å². The van der Waals surface area contributed by atoms with Crippen LogP contribution in [0, 0.1) is 0 Å². The molecule has 2 fully saturated rings. The van der Waals surface area contributed by atoms with Crippen LogP contribution in [0.2, 0.25) is 0 Å². The van der Waals surface area contributed by atoms with Gasteiger partial charge in [0.25, 0.3) is 0 Å². The lowest BCUT2D eigenvalue weighted by Gasteiger charge is -2.41. The Balaban J connectivity index is 1.52. The van der Waals surface area contributed by atoms with Gasteiger partial charge in [-0.1, -0.05) is 42.5 Å². The van der Waals surface area contributed by atoms with Gasteiger partial charge in [0.05, 0.1) is 19.8 Å². The van der Waals surface area contributed by atoms with Gasteiger partial charge >= 0.3 is 0 Å². The average molecular weight is 428 g/mol. The molecule has 30 heavy (non-hydrogen) atoms. The van der Waals surface area contributed by atoms with Gasteiger partial charge in [-0.15, -0.1) is 0 Å². The topological polar surface area (TPSA) is 158 Å². The van der Waals surface area contributed by atoms with Crippen LogP contribution < -0.4 is 0 Å². The number of hydrogen-bond donors (Lipinski definition) is 6. The summed E-state index contributed by atoms with van der Waals surface area (Å²) in [6, 6.07) is 9.50. The molecule has 0 radical (unpaired) electrons. The molecule has 0 bridgehead atoms. The van der Waals surface area contributed by atoms with E-state index in [0.717, 1.165) is 5.56 Å². The lowest BCUT2D eigenvalue weighted by atomic mass is 9.99. The Morgan fingerprint density at radius 2 is 1.53 bits per heavy atom. The molecule has 9 atom stereocenters. The summed E-state index contributed by atoms with van der Waals surface area (Å²) in [7, 11) is 0. The predicted molar refractivity (Wildman–Crippen MR) is 102 cm³/mol. The molecule has 10 heteroatoms. The average Bonchev–Trinajstić information content (AvgIpc) is 2.76. The summed E-state index contributed by atoms with van der Waals surface area (Å²) in [5.41, 5.74) is 0.964. The molecule has 0 amide bonds. The monoisotopic (exact) mass is 428 g/mol. The molecule has 2 saturated heterocycles. The van der Waals surface area contributed by atoms with Crippen LogP contribution in [0.1, 0.15) is 5.56 Å². The maximum Gasteiger partial charge on any atom is 0.187 e. The van der Waals surface area contributed by atoms with Crippen LogP contribution in [0.4, 0.5) is 0 Å². The second-order valence-electron chi connectivity index (χ2n) is 7.24. The lowest BCUT2D eigenvalue weighted by Crippen LogP contribution is -2.60. The van der Waals surface area contributed by atoms with Crippen molar-refractivity contribution in [2.75, 3.05) is 19.8 Å². The second-order valence-corrected chi connectivity index (χ2v) is 7.24. The van der Waals surface area contributed by atoms with Gasteiger partial charge in [0.1, 0.15) is 42.7 Å². The molecule has 2 aliphatic rings. The number of hydrogen-bond acceptors (Lipinski definition) is 10. The summed E-state index contributed by atoms with van der Waals surface area (Å²) in [6.07, 6.45) is -8.71. The fourth-order valence-corrected chi connectivity index (χ4v) is 3.21. The maximum absolute atomic E-state index is 10.2. The number of aliphatic hydroxyl groups excluding tert-OH is 6. The van der Waals surface area contributed by atoms with Crippen molar-refractivity contribution >= 4 is 6.08 Å². The van der Waals surface area contributed by atoms with E-state index < -0.39 is 55.3 Å². The highest BCUT2D eigenvalue weighted by Crippen LogP contribution is 2.24. The summed E-state index contributed by atoms with van der Waals surface area (Å²) in [6.45, 7) is -0.478.